The fourth-order valence-corrected chi connectivity index (χ4v) is 0.889. The molecule has 0 radical (unpaired) electrons. The van der Waals surface area contributed by atoms with Gasteiger partial charge < -0.3 is 4.74 Å². The van der Waals surface area contributed by atoms with Crippen LogP contribution in [0.3, 0.4) is 0 Å². The molecule has 1 amide bonds. The number of anilines is 1. The second-order valence-corrected chi connectivity index (χ2v) is 2.82. The molecule has 5 heteroatoms. The molecule has 1 aromatic rings. The van der Waals surface area contributed by atoms with Crippen molar-refractivity contribution < 1.29 is 9.53 Å². The number of alkyl halides is 1. The van der Waals surface area contributed by atoms with Gasteiger partial charge in [-0.3, -0.25) is 5.43 Å². The smallest absolute Gasteiger partial charge is 0.425 e. The quantitative estimate of drug-likeness (QED) is 0.595. The summed E-state index contributed by atoms with van der Waals surface area (Å²) in [4.78, 5) is 10.9. The predicted octanol–water partition coefficient (Wildman–Crippen LogP) is 1.98. The van der Waals surface area contributed by atoms with E-state index in [0.29, 0.717) is 5.88 Å². The number of nitrogens with one attached hydrogen (secondary N) is 2. The molecular formula is C9H11ClN2O2. The fourth-order valence-electron chi connectivity index (χ4n) is 0.812. The Balaban J connectivity index is 2.24. The number of hydrazine groups is 1. The number of hydrogen-bond acceptors (Lipinski definition) is 3. The van der Waals surface area contributed by atoms with Crippen molar-refractivity contribution in [1.82, 2.24) is 5.43 Å². The van der Waals surface area contributed by atoms with E-state index in [9.17, 15) is 4.79 Å². The second-order valence-electron chi connectivity index (χ2n) is 2.44. The van der Waals surface area contributed by atoms with E-state index in [1.54, 1.807) is 0 Å². The SMILES string of the molecule is O=C(NNc1ccccc1)OCCCl. The van der Waals surface area contributed by atoms with Crippen LogP contribution in [0.2, 0.25) is 0 Å². The van der Waals surface area contributed by atoms with E-state index in [0.717, 1.165) is 5.69 Å². The number of ether oxygens (including phenoxy) is 1. The molecule has 0 atom stereocenters. The summed E-state index contributed by atoms with van der Waals surface area (Å²) in [6, 6.07) is 9.24. The van der Waals surface area contributed by atoms with Gasteiger partial charge >= 0.3 is 6.09 Å². The molecule has 0 fully saturated rings. The topological polar surface area (TPSA) is 50.4 Å². The number of para-hydroxylation sites is 1. The van der Waals surface area contributed by atoms with Gasteiger partial charge in [0.25, 0.3) is 0 Å². The molecule has 0 aliphatic carbocycles. The molecule has 0 aromatic heterocycles. The van der Waals surface area contributed by atoms with Gasteiger partial charge in [0.15, 0.2) is 0 Å². The van der Waals surface area contributed by atoms with Crippen molar-refractivity contribution in [3.63, 3.8) is 0 Å². The average Bonchev–Trinajstić information content (AvgIpc) is 2.25. The van der Waals surface area contributed by atoms with Gasteiger partial charge in [-0.15, -0.1) is 11.6 Å². The predicted molar refractivity (Wildman–Crippen MR) is 55.3 cm³/mol. The molecule has 0 bridgehead atoms. The highest BCUT2D eigenvalue weighted by atomic mass is 35.5. The molecule has 0 saturated carbocycles. The van der Waals surface area contributed by atoms with Crippen LogP contribution in [0, 0.1) is 0 Å². The number of halogens is 1. The molecule has 0 unspecified atom stereocenters. The van der Waals surface area contributed by atoms with Gasteiger partial charge in [-0.1, -0.05) is 18.2 Å². The number of amides is 1. The van der Waals surface area contributed by atoms with Gasteiger partial charge in [0.2, 0.25) is 0 Å². The normalized spacial score (nSPS) is 9.21. The number of carbonyl (C=O) groups is 1. The zero-order chi connectivity index (χ0) is 10.2. The summed E-state index contributed by atoms with van der Waals surface area (Å²) in [5.41, 5.74) is 5.84. The first-order valence-corrected chi connectivity index (χ1v) is 4.66. The van der Waals surface area contributed by atoms with E-state index in [-0.39, 0.29) is 6.61 Å². The third-order valence-electron chi connectivity index (χ3n) is 1.39. The van der Waals surface area contributed by atoms with Crippen molar-refractivity contribution in [3.05, 3.63) is 30.3 Å². The van der Waals surface area contributed by atoms with Crippen LogP contribution in [0.1, 0.15) is 0 Å². The molecule has 1 aromatic carbocycles. The highest BCUT2D eigenvalue weighted by Gasteiger charge is 1.98. The maximum absolute atomic E-state index is 10.9. The molecule has 0 aliphatic rings. The van der Waals surface area contributed by atoms with Crippen molar-refractivity contribution in [1.29, 1.82) is 0 Å². The van der Waals surface area contributed by atoms with E-state index in [4.69, 9.17) is 11.6 Å². The molecule has 14 heavy (non-hydrogen) atoms. The Morgan fingerprint density at radius 3 is 2.71 bits per heavy atom. The zero-order valence-corrected chi connectivity index (χ0v) is 8.25. The standard InChI is InChI=1S/C9H11ClN2O2/c10-6-7-14-9(13)12-11-8-4-2-1-3-5-8/h1-5,11H,6-7H2,(H,12,13). The Bertz CT molecular complexity index is 279. The lowest BCUT2D eigenvalue weighted by Crippen LogP contribution is -2.30. The largest absolute Gasteiger partial charge is 0.447 e. The highest BCUT2D eigenvalue weighted by Crippen LogP contribution is 2.02. The molecule has 4 nitrogen and oxygen atoms in total. The summed E-state index contributed by atoms with van der Waals surface area (Å²) >= 11 is 5.34. The lowest BCUT2D eigenvalue weighted by atomic mass is 10.3. The van der Waals surface area contributed by atoms with E-state index < -0.39 is 6.09 Å². The third-order valence-corrected chi connectivity index (χ3v) is 1.55. The zero-order valence-electron chi connectivity index (χ0n) is 7.50. The van der Waals surface area contributed by atoms with Gasteiger partial charge in [0.05, 0.1) is 11.6 Å². The van der Waals surface area contributed by atoms with Crippen LogP contribution in [0.5, 0.6) is 0 Å². The van der Waals surface area contributed by atoms with Crippen LogP contribution in [-0.4, -0.2) is 18.6 Å². The van der Waals surface area contributed by atoms with Crippen molar-refractivity contribution in [2.45, 2.75) is 0 Å². The molecule has 0 saturated heterocycles. The number of rotatable bonds is 4. The molecule has 0 spiro atoms. The van der Waals surface area contributed by atoms with Crippen molar-refractivity contribution >= 4 is 23.4 Å². The number of hydrogen-bond donors (Lipinski definition) is 2. The Labute approximate surface area is 87.2 Å². The van der Waals surface area contributed by atoms with Crippen LogP contribution >= 0.6 is 11.6 Å². The van der Waals surface area contributed by atoms with Gasteiger partial charge in [0.1, 0.15) is 6.61 Å². The van der Waals surface area contributed by atoms with Crippen LogP contribution in [0.15, 0.2) is 30.3 Å². The first-order chi connectivity index (χ1) is 6.83. The first kappa shape index (κ1) is 10.7. The molecule has 76 valence electrons. The number of carbonyl (C=O) groups excluding carboxylic acids is 1. The Morgan fingerprint density at radius 1 is 1.36 bits per heavy atom. The fraction of sp³-hybridized carbons (Fsp3) is 0.222. The average molecular weight is 215 g/mol. The second kappa shape index (κ2) is 6.10. The summed E-state index contributed by atoms with van der Waals surface area (Å²) in [5.74, 6) is 0.290. The molecule has 1 rings (SSSR count). The lowest BCUT2D eigenvalue weighted by molar-refractivity contribution is 0.155. The van der Waals surface area contributed by atoms with Crippen molar-refractivity contribution in [3.8, 4) is 0 Å². The summed E-state index contributed by atoms with van der Waals surface area (Å²) < 4.78 is 4.67. The van der Waals surface area contributed by atoms with Gasteiger partial charge in [-0.05, 0) is 12.1 Å². The number of benzene rings is 1. The van der Waals surface area contributed by atoms with Gasteiger partial charge in [-0.25, -0.2) is 10.2 Å². The minimum absolute atomic E-state index is 0.198. The maximum atomic E-state index is 10.9. The highest BCUT2D eigenvalue weighted by molar-refractivity contribution is 6.18. The molecular weight excluding hydrogens is 204 g/mol. The molecule has 0 aliphatic heterocycles. The van der Waals surface area contributed by atoms with Crippen molar-refractivity contribution in [2.75, 3.05) is 17.9 Å². The third kappa shape index (κ3) is 4.00. The van der Waals surface area contributed by atoms with Gasteiger partial charge in [0, 0.05) is 0 Å². The maximum Gasteiger partial charge on any atom is 0.425 e. The van der Waals surface area contributed by atoms with Crippen molar-refractivity contribution in [2.24, 2.45) is 0 Å². The van der Waals surface area contributed by atoms with Crippen LogP contribution in [-0.2, 0) is 4.74 Å². The Kier molecular flexibility index (Phi) is 4.64. The van der Waals surface area contributed by atoms with Crippen LogP contribution in [0.25, 0.3) is 0 Å². The van der Waals surface area contributed by atoms with E-state index in [1.807, 2.05) is 30.3 Å². The Morgan fingerprint density at radius 2 is 2.07 bits per heavy atom. The molecule has 2 N–H and O–H groups in total. The Hall–Kier alpha value is -1.42. The minimum Gasteiger partial charge on any atom is -0.447 e. The van der Waals surface area contributed by atoms with E-state index >= 15 is 0 Å². The minimum atomic E-state index is -0.547. The summed E-state index contributed by atoms with van der Waals surface area (Å²) in [5, 5.41) is 0. The monoisotopic (exact) mass is 214 g/mol. The van der Waals surface area contributed by atoms with Crippen LogP contribution < -0.4 is 10.9 Å². The van der Waals surface area contributed by atoms with Gasteiger partial charge in [-0.2, -0.15) is 0 Å². The first-order valence-electron chi connectivity index (χ1n) is 4.12. The lowest BCUT2D eigenvalue weighted by Gasteiger charge is -2.07. The van der Waals surface area contributed by atoms with Crippen LogP contribution in [0.4, 0.5) is 10.5 Å². The van der Waals surface area contributed by atoms with E-state index in [1.165, 1.54) is 0 Å². The summed E-state index contributed by atoms with van der Waals surface area (Å²) in [6.45, 7) is 0.198. The summed E-state index contributed by atoms with van der Waals surface area (Å²) in [6.07, 6.45) is -0.547. The summed E-state index contributed by atoms with van der Waals surface area (Å²) in [7, 11) is 0. The molecule has 0 heterocycles. The van der Waals surface area contributed by atoms with E-state index in [2.05, 4.69) is 15.6 Å².